The topological polar surface area (TPSA) is 70.0 Å². The van der Waals surface area contributed by atoms with Crippen molar-refractivity contribution in [3.63, 3.8) is 0 Å². The van der Waals surface area contributed by atoms with Gasteiger partial charge in [-0.05, 0) is 55.3 Å². The van der Waals surface area contributed by atoms with Gasteiger partial charge >= 0.3 is 0 Å². The molecule has 0 bridgehead atoms. The number of halogens is 1. The van der Waals surface area contributed by atoms with Crippen molar-refractivity contribution >= 4 is 31.6 Å². The molecule has 4 nitrogen and oxygen atoms in total. The maximum Gasteiger partial charge on any atom is 0.261 e. The number of nitriles is 1. The summed E-state index contributed by atoms with van der Waals surface area (Å²) in [7, 11) is -3.67. The van der Waals surface area contributed by atoms with Crippen molar-refractivity contribution in [2.75, 3.05) is 4.72 Å². The highest BCUT2D eigenvalue weighted by molar-refractivity contribution is 9.10. The van der Waals surface area contributed by atoms with Crippen LogP contribution in [0, 0.1) is 25.2 Å². The fraction of sp³-hybridized carbons (Fsp3) is 0.133. The number of sulfonamides is 1. The van der Waals surface area contributed by atoms with Gasteiger partial charge in [-0.15, -0.1) is 0 Å². The van der Waals surface area contributed by atoms with Crippen LogP contribution in [0.4, 0.5) is 5.69 Å². The largest absolute Gasteiger partial charge is 0.280 e. The summed E-state index contributed by atoms with van der Waals surface area (Å²) in [6.45, 7) is 3.63. The lowest BCUT2D eigenvalue weighted by Crippen LogP contribution is -2.13. The molecule has 0 aliphatic heterocycles. The molecule has 1 N–H and O–H groups in total. The van der Waals surface area contributed by atoms with Crippen LogP contribution in [-0.2, 0) is 10.0 Å². The molecule has 0 atom stereocenters. The molecule has 0 amide bonds. The molecule has 0 aliphatic rings. The maximum absolute atomic E-state index is 12.3. The van der Waals surface area contributed by atoms with E-state index in [1.807, 2.05) is 19.1 Å². The molecule has 21 heavy (non-hydrogen) atoms. The Bertz CT molecular complexity index is 839. The molecule has 0 radical (unpaired) electrons. The van der Waals surface area contributed by atoms with Crippen LogP contribution in [0.5, 0.6) is 0 Å². The van der Waals surface area contributed by atoms with Gasteiger partial charge in [-0.3, -0.25) is 4.72 Å². The Morgan fingerprint density at radius 1 is 1.10 bits per heavy atom. The van der Waals surface area contributed by atoms with Crippen molar-refractivity contribution in [3.05, 3.63) is 57.6 Å². The van der Waals surface area contributed by atoms with E-state index in [1.165, 1.54) is 18.2 Å². The first-order valence-electron chi connectivity index (χ1n) is 6.13. The van der Waals surface area contributed by atoms with Crippen LogP contribution >= 0.6 is 15.9 Å². The second kappa shape index (κ2) is 5.88. The third-order valence-electron chi connectivity index (χ3n) is 3.05. The SMILES string of the molecule is Cc1ccc(NS(=O)(=O)c2ccc(C#N)c(C)c2)cc1Br. The van der Waals surface area contributed by atoms with Crippen LogP contribution < -0.4 is 4.72 Å². The number of hydrogen-bond donors (Lipinski definition) is 1. The van der Waals surface area contributed by atoms with Crippen LogP contribution in [0.15, 0.2) is 45.8 Å². The lowest BCUT2D eigenvalue weighted by molar-refractivity contribution is 0.601. The summed E-state index contributed by atoms with van der Waals surface area (Å²) in [5.74, 6) is 0. The monoisotopic (exact) mass is 364 g/mol. The molecule has 2 aromatic carbocycles. The molecule has 108 valence electrons. The minimum Gasteiger partial charge on any atom is -0.280 e. The molecule has 2 rings (SSSR count). The van der Waals surface area contributed by atoms with E-state index < -0.39 is 10.0 Å². The lowest BCUT2D eigenvalue weighted by Gasteiger charge is -2.10. The summed E-state index contributed by atoms with van der Waals surface area (Å²) < 4.78 is 28.0. The third kappa shape index (κ3) is 3.43. The molecule has 0 aliphatic carbocycles. The molecule has 0 saturated heterocycles. The van der Waals surface area contributed by atoms with Gasteiger partial charge in [-0.1, -0.05) is 22.0 Å². The van der Waals surface area contributed by atoms with Crippen molar-refractivity contribution in [1.82, 2.24) is 0 Å². The van der Waals surface area contributed by atoms with E-state index >= 15 is 0 Å². The van der Waals surface area contributed by atoms with Gasteiger partial charge in [0.25, 0.3) is 10.0 Å². The second-order valence-electron chi connectivity index (χ2n) is 4.66. The number of aryl methyl sites for hydroxylation is 2. The second-order valence-corrected chi connectivity index (χ2v) is 7.19. The van der Waals surface area contributed by atoms with Crippen LogP contribution in [0.25, 0.3) is 0 Å². The number of hydrogen-bond acceptors (Lipinski definition) is 3. The first kappa shape index (κ1) is 15.5. The van der Waals surface area contributed by atoms with E-state index in [0.717, 1.165) is 10.0 Å². The Morgan fingerprint density at radius 2 is 1.81 bits per heavy atom. The highest BCUT2D eigenvalue weighted by Crippen LogP contribution is 2.23. The summed E-state index contributed by atoms with van der Waals surface area (Å²) >= 11 is 3.37. The fourth-order valence-corrected chi connectivity index (χ4v) is 3.31. The van der Waals surface area contributed by atoms with E-state index in [1.54, 1.807) is 19.1 Å². The van der Waals surface area contributed by atoms with Crippen molar-refractivity contribution in [2.24, 2.45) is 0 Å². The highest BCUT2D eigenvalue weighted by atomic mass is 79.9. The Hall–Kier alpha value is -1.84. The quantitative estimate of drug-likeness (QED) is 0.901. The summed E-state index contributed by atoms with van der Waals surface area (Å²) in [4.78, 5) is 0.135. The van der Waals surface area contributed by atoms with Crippen molar-refractivity contribution in [3.8, 4) is 6.07 Å². The first-order chi connectivity index (χ1) is 9.83. The first-order valence-corrected chi connectivity index (χ1v) is 8.41. The van der Waals surface area contributed by atoms with Gasteiger partial charge in [-0.2, -0.15) is 5.26 Å². The molecule has 0 aromatic heterocycles. The Kier molecular flexibility index (Phi) is 4.35. The van der Waals surface area contributed by atoms with Crippen molar-refractivity contribution < 1.29 is 8.42 Å². The van der Waals surface area contributed by atoms with E-state index in [4.69, 9.17) is 5.26 Å². The molecule has 0 fully saturated rings. The zero-order chi connectivity index (χ0) is 15.6. The van der Waals surface area contributed by atoms with Gasteiger partial charge in [0.1, 0.15) is 0 Å². The number of nitrogens with zero attached hydrogens (tertiary/aromatic N) is 1. The molecule has 0 unspecified atom stereocenters. The standard InChI is InChI=1S/C15H13BrN2O2S/c1-10-3-5-13(8-15(10)16)18-21(19,20)14-6-4-12(9-17)11(2)7-14/h3-8,18H,1-2H3. The van der Waals surface area contributed by atoms with Crippen LogP contribution in [-0.4, -0.2) is 8.42 Å². The van der Waals surface area contributed by atoms with Gasteiger partial charge in [-0.25, -0.2) is 8.42 Å². The average Bonchev–Trinajstić information content (AvgIpc) is 2.42. The summed E-state index contributed by atoms with van der Waals surface area (Å²) in [6.07, 6.45) is 0. The number of nitrogens with one attached hydrogen (secondary N) is 1. The smallest absolute Gasteiger partial charge is 0.261 e. The number of anilines is 1. The van der Waals surface area contributed by atoms with Crippen molar-refractivity contribution in [1.29, 1.82) is 5.26 Å². The molecule has 0 saturated carbocycles. The minimum absolute atomic E-state index is 0.135. The molecular weight excluding hydrogens is 352 g/mol. The summed E-state index contributed by atoms with van der Waals surface area (Å²) in [6, 6.07) is 11.7. The zero-order valence-electron chi connectivity index (χ0n) is 11.5. The molecule has 6 heteroatoms. The summed E-state index contributed by atoms with van der Waals surface area (Å²) in [5, 5.41) is 8.88. The molecule has 0 heterocycles. The third-order valence-corrected chi connectivity index (χ3v) is 5.29. The number of benzene rings is 2. The number of rotatable bonds is 3. The van der Waals surface area contributed by atoms with Gasteiger partial charge in [0.2, 0.25) is 0 Å². The highest BCUT2D eigenvalue weighted by Gasteiger charge is 2.15. The average molecular weight is 365 g/mol. The predicted molar refractivity (Wildman–Crippen MR) is 85.6 cm³/mol. The van der Waals surface area contributed by atoms with Gasteiger partial charge in [0.05, 0.1) is 16.5 Å². The van der Waals surface area contributed by atoms with E-state index in [0.29, 0.717) is 16.8 Å². The van der Waals surface area contributed by atoms with Crippen molar-refractivity contribution in [2.45, 2.75) is 18.7 Å². The van der Waals surface area contributed by atoms with E-state index in [2.05, 4.69) is 20.7 Å². The van der Waals surface area contributed by atoms with E-state index in [-0.39, 0.29) is 4.90 Å². The van der Waals surface area contributed by atoms with Gasteiger partial charge < -0.3 is 0 Å². The Morgan fingerprint density at radius 3 is 2.38 bits per heavy atom. The minimum atomic E-state index is -3.67. The van der Waals surface area contributed by atoms with Crippen LogP contribution in [0.3, 0.4) is 0 Å². The molecule has 0 spiro atoms. The maximum atomic E-state index is 12.3. The Balaban J connectivity index is 2.36. The molecule has 2 aromatic rings. The fourth-order valence-electron chi connectivity index (χ4n) is 1.80. The zero-order valence-corrected chi connectivity index (χ0v) is 13.9. The van der Waals surface area contributed by atoms with E-state index in [9.17, 15) is 8.42 Å². The normalized spacial score (nSPS) is 11.0. The lowest BCUT2D eigenvalue weighted by atomic mass is 10.1. The van der Waals surface area contributed by atoms with Crippen LogP contribution in [0.2, 0.25) is 0 Å². The Labute approximate surface area is 132 Å². The van der Waals surface area contributed by atoms with Gasteiger partial charge in [0, 0.05) is 10.2 Å². The summed E-state index contributed by atoms with van der Waals surface area (Å²) in [5.41, 5.74) is 2.60. The van der Waals surface area contributed by atoms with Crippen LogP contribution in [0.1, 0.15) is 16.7 Å². The van der Waals surface area contributed by atoms with Gasteiger partial charge in [0.15, 0.2) is 0 Å². The predicted octanol–water partition coefficient (Wildman–Crippen LogP) is 3.74. The molecular formula is C15H13BrN2O2S.